The lowest BCUT2D eigenvalue weighted by atomic mass is 10.1. The summed E-state index contributed by atoms with van der Waals surface area (Å²) in [6.45, 7) is 4.16. The minimum atomic E-state index is 0.190. The predicted octanol–water partition coefficient (Wildman–Crippen LogP) is 6.42. The molecule has 0 spiro atoms. The number of amides is 1. The predicted molar refractivity (Wildman–Crippen MR) is 105 cm³/mol. The number of allylic oxidation sites excluding steroid dienone is 3. The van der Waals surface area contributed by atoms with E-state index in [2.05, 4.69) is 19.1 Å². The molecular weight excluding hydrogens is 294 g/mol. The van der Waals surface area contributed by atoms with Crippen LogP contribution in [-0.2, 0) is 4.79 Å². The molecule has 1 rings (SSSR count). The SMILES string of the molecule is CCCCCCCCCCCCC=CCC=CC(=O)N1CCCC1. The van der Waals surface area contributed by atoms with Crippen LogP contribution in [0, 0.1) is 0 Å². The standard InChI is InChI=1S/C22H39NO/c1-2-3-4-5-6-7-8-9-10-11-12-13-14-15-16-19-22(24)23-20-17-18-21-23/h13-14,16,19H,2-12,15,17-18,20-21H2,1H3. The van der Waals surface area contributed by atoms with Gasteiger partial charge in [-0.1, -0.05) is 82.9 Å². The summed E-state index contributed by atoms with van der Waals surface area (Å²) >= 11 is 0. The normalized spacial score (nSPS) is 15.1. The second-order valence-corrected chi connectivity index (χ2v) is 7.11. The van der Waals surface area contributed by atoms with E-state index >= 15 is 0 Å². The third kappa shape index (κ3) is 11.5. The molecule has 0 N–H and O–H groups in total. The highest BCUT2D eigenvalue weighted by atomic mass is 16.2. The Morgan fingerprint density at radius 2 is 1.38 bits per heavy atom. The molecule has 0 bridgehead atoms. The van der Waals surface area contributed by atoms with Gasteiger partial charge in [-0.2, -0.15) is 0 Å². The van der Waals surface area contributed by atoms with Crippen LogP contribution in [0.3, 0.4) is 0 Å². The second kappa shape index (κ2) is 15.5. The van der Waals surface area contributed by atoms with Crippen LogP contribution in [0.4, 0.5) is 0 Å². The maximum atomic E-state index is 11.8. The molecule has 2 nitrogen and oxygen atoms in total. The van der Waals surface area contributed by atoms with Crippen LogP contribution in [0.1, 0.15) is 96.8 Å². The molecule has 2 heteroatoms. The molecule has 24 heavy (non-hydrogen) atoms. The third-order valence-electron chi connectivity index (χ3n) is 4.84. The highest BCUT2D eigenvalue weighted by Gasteiger charge is 2.14. The van der Waals surface area contributed by atoms with Gasteiger partial charge in [0.05, 0.1) is 0 Å². The number of carbonyl (C=O) groups excluding carboxylic acids is 1. The van der Waals surface area contributed by atoms with Gasteiger partial charge in [0.2, 0.25) is 5.91 Å². The van der Waals surface area contributed by atoms with Gasteiger partial charge in [0.1, 0.15) is 0 Å². The first-order valence-electron chi connectivity index (χ1n) is 10.4. The molecule has 0 aliphatic carbocycles. The zero-order valence-electron chi connectivity index (χ0n) is 16.0. The number of hydrogen-bond acceptors (Lipinski definition) is 1. The Kier molecular flexibility index (Phi) is 13.5. The Labute approximate surface area is 150 Å². The summed E-state index contributed by atoms with van der Waals surface area (Å²) in [5.74, 6) is 0.190. The van der Waals surface area contributed by atoms with E-state index in [0.29, 0.717) is 0 Å². The maximum Gasteiger partial charge on any atom is 0.246 e. The largest absolute Gasteiger partial charge is 0.339 e. The summed E-state index contributed by atoms with van der Waals surface area (Å²) in [5, 5.41) is 0. The monoisotopic (exact) mass is 333 g/mol. The third-order valence-corrected chi connectivity index (χ3v) is 4.84. The highest BCUT2D eigenvalue weighted by Crippen LogP contribution is 2.11. The fourth-order valence-corrected chi connectivity index (χ4v) is 3.25. The average Bonchev–Trinajstić information content (AvgIpc) is 3.13. The Morgan fingerprint density at radius 1 is 0.792 bits per heavy atom. The van der Waals surface area contributed by atoms with Crippen LogP contribution < -0.4 is 0 Å². The number of nitrogens with zero attached hydrogens (tertiary/aromatic N) is 1. The Hall–Kier alpha value is -1.05. The van der Waals surface area contributed by atoms with Gasteiger partial charge in [-0.15, -0.1) is 0 Å². The summed E-state index contributed by atoms with van der Waals surface area (Å²) in [7, 11) is 0. The fourth-order valence-electron chi connectivity index (χ4n) is 3.25. The molecular formula is C22H39NO. The molecule has 0 aromatic carbocycles. The lowest BCUT2D eigenvalue weighted by Gasteiger charge is -2.11. The first kappa shape index (κ1) is 21.0. The number of unbranched alkanes of at least 4 members (excludes halogenated alkanes) is 10. The van der Waals surface area contributed by atoms with Crippen molar-refractivity contribution in [1.29, 1.82) is 0 Å². The van der Waals surface area contributed by atoms with Gasteiger partial charge in [-0.3, -0.25) is 4.79 Å². The molecule has 138 valence electrons. The van der Waals surface area contributed by atoms with E-state index in [0.717, 1.165) is 19.5 Å². The molecule has 1 amide bonds. The van der Waals surface area contributed by atoms with Crippen molar-refractivity contribution in [3.8, 4) is 0 Å². The quantitative estimate of drug-likeness (QED) is 0.204. The average molecular weight is 334 g/mol. The van der Waals surface area contributed by atoms with E-state index < -0.39 is 0 Å². The minimum Gasteiger partial charge on any atom is -0.339 e. The molecule has 1 heterocycles. The molecule has 1 aliphatic rings. The zero-order chi connectivity index (χ0) is 17.3. The lowest BCUT2D eigenvalue weighted by molar-refractivity contribution is -0.125. The summed E-state index contributed by atoms with van der Waals surface area (Å²) in [4.78, 5) is 13.7. The van der Waals surface area contributed by atoms with Gasteiger partial charge in [0, 0.05) is 13.1 Å². The molecule has 1 aliphatic heterocycles. The van der Waals surface area contributed by atoms with Crippen LogP contribution in [0.5, 0.6) is 0 Å². The summed E-state index contributed by atoms with van der Waals surface area (Å²) < 4.78 is 0. The first-order valence-corrected chi connectivity index (χ1v) is 10.4. The van der Waals surface area contributed by atoms with Gasteiger partial charge in [0.25, 0.3) is 0 Å². The summed E-state index contributed by atoms with van der Waals surface area (Å²) in [6, 6.07) is 0. The van der Waals surface area contributed by atoms with Gasteiger partial charge in [0.15, 0.2) is 0 Å². The van der Waals surface area contributed by atoms with Crippen molar-refractivity contribution in [2.45, 2.75) is 96.8 Å². The molecule has 0 saturated carbocycles. The topological polar surface area (TPSA) is 20.3 Å². The van der Waals surface area contributed by atoms with Crippen molar-refractivity contribution >= 4 is 5.91 Å². The molecule has 0 aromatic rings. The van der Waals surface area contributed by atoms with Crippen molar-refractivity contribution in [1.82, 2.24) is 4.90 Å². The van der Waals surface area contributed by atoms with Gasteiger partial charge in [-0.05, 0) is 38.2 Å². The number of carbonyl (C=O) groups is 1. The van der Waals surface area contributed by atoms with Gasteiger partial charge in [-0.25, -0.2) is 0 Å². The van der Waals surface area contributed by atoms with Crippen molar-refractivity contribution < 1.29 is 4.79 Å². The van der Waals surface area contributed by atoms with Crippen molar-refractivity contribution in [3.05, 3.63) is 24.3 Å². The van der Waals surface area contributed by atoms with E-state index in [1.165, 1.54) is 83.5 Å². The van der Waals surface area contributed by atoms with Crippen LogP contribution in [0.25, 0.3) is 0 Å². The number of rotatable bonds is 14. The first-order chi connectivity index (χ1) is 11.8. The maximum absolute atomic E-state index is 11.8. The van der Waals surface area contributed by atoms with E-state index in [1.54, 1.807) is 6.08 Å². The smallest absolute Gasteiger partial charge is 0.246 e. The van der Waals surface area contributed by atoms with Gasteiger partial charge < -0.3 is 4.90 Å². The second-order valence-electron chi connectivity index (χ2n) is 7.11. The van der Waals surface area contributed by atoms with E-state index in [4.69, 9.17) is 0 Å². The van der Waals surface area contributed by atoms with Crippen molar-refractivity contribution in [3.63, 3.8) is 0 Å². The Bertz CT molecular complexity index is 353. The van der Waals surface area contributed by atoms with Crippen molar-refractivity contribution in [2.75, 3.05) is 13.1 Å². The lowest BCUT2D eigenvalue weighted by Crippen LogP contribution is -2.25. The molecule has 0 aromatic heterocycles. The van der Waals surface area contributed by atoms with E-state index in [9.17, 15) is 4.79 Å². The fraction of sp³-hybridized carbons (Fsp3) is 0.773. The number of likely N-dealkylation sites (tertiary alicyclic amines) is 1. The van der Waals surface area contributed by atoms with Crippen LogP contribution in [0.2, 0.25) is 0 Å². The van der Waals surface area contributed by atoms with Crippen LogP contribution in [-0.4, -0.2) is 23.9 Å². The summed E-state index contributed by atoms with van der Waals surface area (Å²) in [5.41, 5.74) is 0. The van der Waals surface area contributed by atoms with E-state index in [1.807, 2.05) is 11.0 Å². The molecule has 0 unspecified atom stereocenters. The number of hydrogen-bond donors (Lipinski definition) is 0. The van der Waals surface area contributed by atoms with Gasteiger partial charge >= 0.3 is 0 Å². The zero-order valence-corrected chi connectivity index (χ0v) is 16.0. The van der Waals surface area contributed by atoms with Crippen LogP contribution in [0.15, 0.2) is 24.3 Å². The van der Waals surface area contributed by atoms with E-state index in [-0.39, 0.29) is 5.91 Å². The minimum absolute atomic E-state index is 0.190. The Morgan fingerprint density at radius 3 is 2.00 bits per heavy atom. The molecule has 1 saturated heterocycles. The molecule has 0 radical (unpaired) electrons. The molecule has 1 fully saturated rings. The highest BCUT2D eigenvalue weighted by molar-refractivity contribution is 5.87. The summed E-state index contributed by atoms with van der Waals surface area (Å²) in [6.07, 6.45) is 26.6. The molecule has 0 atom stereocenters. The van der Waals surface area contributed by atoms with Crippen LogP contribution >= 0.6 is 0 Å². The Balaban J connectivity index is 1.83. The van der Waals surface area contributed by atoms with Crippen molar-refractivity contribution in [2.24, 2.45) is 0 Å².